The van der Waals surface area contributed by atoms with E-state index in [0.717, 1.165) is 46.3 Å². The van der Waals surface area contributed by atoms with Gasteiger partial charge in [-0.3, -0.25) is 4.79 Å². The summed E-state index contributed by atoms with van der Waals surface area (Å²) < 4.78 is 0. The molecule has 25 heavy (non-hydrogen) atoms. The van der Waals surface area contributed by atoms with Crippen molar-refractivity contribution in [1.82, 2.24) is 9.88 Å². The van der Waals surface area contributed by atoms with E-state index in [1.807, 2.05) is 43.9 Å². The molecule has 0 aliphatic carbocycles. The van der Waals surface area contributed by atoms with Gasteiger partial charge >= 0.3 is 0 Å². The number of hydrogen-bond acceptors (Lipinski definition) is 5. The molecule has 1 saturated heterocycles. The van der Waals surface area contributed by atoms with Crippen LogP contribution in [0.2, 0.25) is 0 Å². The van der Waals surface area contributed by atoms with Crippen molar-refractivity contribution in [2.75, 3.05) is 31.1 Å². The van der Waals surface area contributed by atoms with Gasteiger partial charge in [-0.1, -0.05) is 0 Å². The second kappa shape index (κ2) is 7.24. The molecule has 6 heteroatoms. The summed E-state index contributed by atoms with van der Waals surface area (Å²) in [5.74, 6) is 0.857. The molecule has 3 heterocycles. The van der Waals surface area contributed by atoms with Crippen LogP contribution in [0.5, 0.6) is 0 Å². The van der Waals surface area contributed by atoms with Gasteiger partial charge in [0.25, 0.3) is 5.91 Å². The molecule has 1 aliphatic heterocycles. The maximum atomic E-state index is 12.7. The Bertz CT molecular complexity index is 836. The Hall–Kier alpha value is -2.39. The minimum absolute atomic E-state index is 0.105. The summed E-state index contributed by atoms with van der Waals surface area (Å²) in [6.45, 7) is 8.79. The molecule has 1 amide bonds. The van der Waals surface area contributed by atoms with Crippen LogP contribution in [0.4, 0.5) is 5.82 Å². The molecule has 3 rings (SSSR count). The van der Waals surface area contributed by atoms with Crippen molar-refractivity contribution in [3.63, 3.8) is 0 Å². The molecule has 0 bridgehead atoms. The second-order valence-electron chi connectivity index (χ2n) is 6.43. The van der Waals surface area contributed by atoms with Gasteiger partial charge in [0.2, 0.25) is 0 Å². The molecule has 0 unspecified atom stereocenters. The molecule has 2 aromatic rings. The van der Waals surface area contributed by atoms with E-state index in [1.165, 1.54) is 0 Å². The van der Waals surface area contributed by atoms with Crippen molar-refractivity contribution in [3.05, 3.63) is 44.8 Å². The summed E-state index contributed by atoms with van der Waals surface area (Å²) >= 11 is 1.54. The quantitative estimate of drug-likeness (QED) is 0.830. The predicted molar refractivity (Wildman–Crippen MR) is 100 cm³/mol. The minimum Gasteiger partial charge on any atom is -0.354 e. The van der Waals surface area contributed by atoms with E-state index in [2.05, 4.69) is 16.0 Å². The van der Waals surface area contributed by atoms with Gasteiger partial charge in [-0.2, -0.15) is 5.26 Å². The van der Waals surface area contributed by atoms with Gasteiger partial charge in [0.05, 0.1) is 10.4 Å². The van der Waals surface area contributed by atoms with E-state index < -0.39 is 0 Å². The largest absolute Gasteiger partial charge is 0.354 e. The van der Waals surface area contributed by atoms with Crippen LogP contribution in [0, 0.1) is 32.1 Å². The Labute approximate surface area is 152 Å². The first-order valence-corrected chi connectivity index (χ1v) is 9.30. The third kappa shape index (κ3) is 3.67. The average molecular weight is 354 g/mol. The van der Waals surface area contributed by atoms with E-state index in [9.17, 15) is 10.1 Å². The van der Waals surface area contributed by atoms with Gasteiger partial charge in [0, 0.05) is 36.8 Å². The SMILES string of the molecule is Cc1cc(C)c(C#N)c(N2CCCN(C(=O)c3ccc(C)s3)CC2)n1. The minimum atomic E-state index is 0.105. The lowest BCUT2D eigenvalue weighted by molar-refractivity contribution is 0.0772. The topological polar surface area (TPSA) is 60.2 Å². The highest BCUT2D eigenvalue weighted by Crippen LogP contribution is 2.24. The molecular formula is C19H22N4OS. The lowest BCUT2D eigenvalue weighted by Crippen LogP contribution is -2.35. The maximum absolute atomic E-state index is 12.7. The highest BCUT2D eigenvalue weighted by Gasteiger charge is 2.23. The molecular weight excluding hydrogens is 332 g/mol. The molecule has 0 N–H and O–H groups in total. The summed E-state index contributed by atoms with van der Waals surface area (Å²) in [4.78, 5) is 23.3. The van der Waals surface area contributed by atoms with Crippen LogP contribution >= 0.6 is 11.3 Å². The van der Waals surface area contributed by atoms with Gasteiger partial charge < -0.3 is 9.80 Å². The van der Waals surface area contributed by atoms with Crippen molar-refractivity contribution in [1.29, 1.82) is 5.26 Å². The average Bonchev–Trinajstić information content (AvgIpc) is 2.86. The van der Waals surface area contributed by atoms with Gasteiger partial charge in [0.1, 0.15) is 11.9 Å². The van der Waals surface area contributed by atoms with Crippen molar-refractivity contribution >= 4 is 23.1 Å². The molecule has 0 radical (unpaired) electrons. The maximum Gasteiger partial charge on any atom is 0.263 e. The number of carbonyl (C=O) groups excluding carboxylic acids is 1. The van der Waals surface area contributed by atoms with Gasteiger partial charge in [0.15, 0.2) is 0 Å². The fourth-order valence-corrected chi connectivity index (χ4v) is 4.06. The summed E-state index contributed by atoms with van der Waals surface area (Å²) in [7, 11) is 0. The molecule has 1 aliphatic rings. The van der Waals surface area contributed by atoms with Crippen LogP contribution in [-0.4, -0.2) is 42.0 Å². The molecule has 2 aromatic heterocycles. The number of nitriles is 1. The number of pyridine rings is 1. The fourth-order valence-electron chi connectivity index (χ4n) is 3.22. The number of anilines is 1. The van der Waals surface area contributed by atoms with Crippen LogP contribution < -0.4 is 4.90 Å². The lowest BCUT2D eigenvalue weighted by atomic mass is 10.1. The van der Waals surface area contributed by atoms with E-state index in [-0.39, 0.29) is 5.91 Å². The van der Waals surface area contributed by atoms with Crippen LogP contribution in [-0.2, 0) is 0 Å². The highest BCUT2D eigenvalue weighted by molar-refractivity contribution is 7.13. The number of hydrogen-bond donors (Lipinski definition) is 0. The Morgan fingerprint density at radius 2 is 2.00 bits per heavy atom. The van der Waals surface area contributed by atoms with Gasteiger partial charge in [-0.05, 0) is 51.0 Å². The summed E-state index contributed by atoms with van der Waals surface area (Å²) in [5, 5.41) is 9.50. The van der Waals surface area contributed by atoms with Crippen molar-refractivity contribution in [2.24, 2.45) is 0 Å². The molecule has 130 valence electrons. The molecule has 0 spiro atoms. The molecule has 5 nitrogen and oxygen atoms in total. The molecule has 1 fully saturated rings. The fraction of sp³-hybridized carbons (Fsp3) is 0.421. The van der Waals surface area contributed by atoms with Crippen LogP contribution in [0.3, 0.4) is 0 Å². The van der Waals surface area contributed by atoms with E-state index in [4.69, 9.17) is 0 Å². The van der Waals surface area contributed by atoms with Crippen molar-refractivity contribution in [2.45, 2.75) is 27.2 Å². The normalized spacial score (nSPS) is 15.0. The standard InChI is InChI=1S/C19H22N4OS/c1-13-11-14(2)21-18(16(13)12-20)22-7-4-8-23(10-9-22)19(24)17-6-5-15(3)25-17/h5-6,11H,4,7-10H2,1-3H3. The lowest BCUT2D eigenvalue weighted by Gasteiger charge is -2.24. The summed E-state index contributed by atoms with van der Waals surface area (Å²) in [6, 6.07) is 8.12. The first kappa shape index (κ1) is 17.4. The number of carbonyl (C=O) groups is 1. The van der Waals surface area contributed by atoms with Crippen LogP contribution in [0.15, 0.2) is 18.2 Å². The van der Waals surface area contributed by atoms with E-state index >= 15 is 0 Å². The Morgan fingerprint density at radius 3 is 2.68 bits per heavy atom. The summed E-state index contributed by atoms with van der Waals surface area (Å²) in [5.41, 5.74) is 2.51. The number of aryl methyl sites for hydroxylation is 3. The Morgan fingerprint density at radius 1 is 1.20 bits per heavy atom. The van der Waals surface area contributed by atoms with Gasteiger partial charge in [-0.25, -0.2) is 4.98 Å². The number of nitrogens with zero attached hydrogens (tertiary/aromatic N) is 4. The molecule has 0 atom stereocenters. The summed E-state index contributed by atoms with van der Waals surface area (Å²) in [6.07, 6.45) is 0.871. The Balaban J connectivity index is 1.79. The van der Waals surface area contributed by atoms with Crippen LogP contribution in [0.25, 0.3) is 0 Å². The number of thiophene rings is 1. The first-order valence-electron chi connectivity index (χ1n) is 8.48. The third-order valence-corrected chi connectivity index (χ3v) is 5.46. The van der Waals surface area contributed by atoms with Crippen LogP contribution in [0.1, 0.15) is 37.8 Å². The number of amides is 1. The smallest absolute Gasteiger partial charge is 0.263 e. The zero-order valence-corrected chi connectivity index (χ0v) is 15.7. The van der Waals surface area contributed by atoms with E-state index in [0.29, 0.717) is 18.7 Å². The molecule has 0 saturated carbocycles. The zero-order chi connectivity index (χ0) is 18.0. The third-order valence-electron chi connectivity index (χ3n) is 4.47. The monoisotopic (exact) mass is 354 g/mol. The zero-order valence-electron chi connectivity index (χ0n) is 14.9. The van der Waals surface area contributed by atoms with Gasteiger partial charge in [-0.15, -0.1) is 11.3 Å². The second-order valence-corrected chi connectivity index (χ2v) is 7.72. The molecule has 0 aromatic carbocycles. The predicted octanol–water partition coefficient (Wildman–Crippen LogP) is 3.29. The highest BCUT2D eigenvalue weighted by atomic mass is 32.1. The first-order chi connectivity index (χ1) is 12.0. The Kier molecular flexibility index (Phi) is 5.05. The number of rotatable bonds is 2. The van der Waals surface area contributed by atoms with E-state index in [1.54, 1.807) is 11.3 Å². The number of aromatic nitrogens is 1. The van der Waals surface area contributed by atoms with Crippen molar-refractivity contribution < 1.29 is 4.79 Å². The van der Waals surface area contributed by atoms with Crippen molar-refractivity contribution in [3.8, 4) is 6.07 Å².